The molecule has 10 heteroatoms. The van der Waals surface area contributed by atoms with Crippen LogP contribution in [0.15, 0.2) is 72.8 Å². The van der Waals surface area contributed by atoms with Gasteiger partial charge in [-0.1, -0.05) is 54.6 Å². The predicted octanol–water partition coefficient (Wildman–Crippen LogP) is 6.11. The molecule has 2 atom stereocenters. The van der Waals surface area contributed by atoms with E-state index in [0.29, 0.717) is 35.8 Å². The summed E-state index contributed by atoms with van der Waals surface area (Å²) in [6, 6.07) is 23.8. The quantitative estimate of drug-likeness (QED) is 0.165. The van der Waals surface area contributed by atoms with Gasteiger partial charge in [-0.05, 0) is 58.0 Å². The lowest BCUT2D eigenvalue weighted by molar-refractivity contribution is 0.0594. The van der Waals surface area contributed by atoms with Crippen LogP contribution in [0.5, 0.6) is 23.0 Å². The third kappa shape index (κ3) is 5.24. The second kappa shape index (κ2) is 12.3. The van der Waals surface area contributed by atoms with Crippen LogP contribution in [0.4, 0.5) is 4.79 Å². The Morgan fingerprint density at radius 1 is 0.804 bits per heavy atom. The molecule has 1 N–H and O–H groups in total. The van der Waals surface area contributed by atoms with Crippen LogP contribution < -0.4 is 24.3 Å². The number of rotatable bonds is 10. The summed E-state index contributed by atoms with van der Waals surface area (Å²) in [5.74, 6) is 1.34. The number of fused-ring (bicyclic) bond motifs is 4. The molecule has 1 fully saturated rings. The van der Waals surface area contributed by atoms with Gasteiger partial charge in [0.25, 0.3) is 0 Å². The lowest BCUT2D eigenvalue weighted by atomic mass is 9.94. The highest BCUT2D eigenvalue weighted by molar-refractivity contribution is 5.95. The molecule has 1 aliphatic carbocycles. The number of carbonyl (C=O) groups is 2. The van der Waals surface area contributed by atoms with Gasteiger partial charge in [0.15, 0.2) is 23.0 Å². The molecule has 236 valence electrons. The van der Waals surface area contributed by atoms with Crippen LogP contribution >= 0.6 is 0 Å². The van der Waals surface area contributed by atoms with Crippen molar-refractivity contribution in [2.75, 3.05) is 41.3 Å². The zero-order chi connectivity index (χ0) is 31.8. The first-order chi connectivity index (χ1) is 22.5. The molecule has 4 aromatic carbocycles. The minimum Gasteiger partial charge on any atom is -0.493 e. The van der Waals surface area contributed by atoms with E-state index in [1.807, 2.05) is 36.4 Å². The van der Waals surface area contributed by atoms with E-state index in [9.17, 15) is 9.59 Å². The van der Waals surface area contributed by atoms with Gasteiger partial charge in [-0.25, -0.2) is 9.59 Å². The molecule has 4 aromatic rings. The summed E-state index contributed by atoms with van der Waals surface area (Å²) in [5, 5.41) is 2.89. The van der Waals surface area contributed by atoms with E-state index < -0.39 is 18.2 Å². The van der Waals surface area contributed by atoms with E-state index in [4.69, 9.17) is 33.2 Å². The van der Waals surface area contributed by atoms with E-state index in [1.54, 1.807) is 12.1 Å². The summed E-state index contributed by atoms with van der Waals surface area (Å²) < 4.78 is 39.2. The molecule has 46 heavy (non-hydrogen) atoms. The number of alkyl carbamates (subject to hydrolysis) is 1. The minimum atomic E-state index is -0.557. The molecular weight excluding hydrogens is 590 g/mol. The fourth-order valence-corrected chi connectivity index (χ4v) is 6.51. The lowest BCUT2D eigenvalue weighted by Crippen LogP contribution is -2.28. The highest BCUT2D eigenvalue weighted by Crippen LogP contribution is 2.56. The number of amides is 1. The average Bonchev–Trinajstić information content (AvgIpc) is 3.63. The number of hydrogen-bond donors (Lipinski definition) is 1. The highest BCUT2D eigenvalue weighted by atomic mass is 16.7. The summed E-state index contributed by atoms with van der Waals surface area (Å²) in [5.41, 5.74) is 7.32. The van der Waals surface area contributed by atoms with Crippen molar-refractivity contribution in [3.63, 3.8) is 0 Å². The van der Waals surface area contributed by atoms with Gasteiger partial charge in [0.2, 0.25) is 6.79 Å². The predicted molar refractivity (Wildman–Crippen MR) is 167 cm³/mol. The SMILES string of the molecule is COC(=O)c1c([C@H]2O[C@@H]2c2cc3c(cc2CCNC(=O)OCC2c4ccccc4-c4ccccc42)OCO3)ccc(OC)c1OC. The number of esters is 1. The van der Waals surface area contributed by atoms with E-state index in [2.05, 4.69) is 29.6 Å². The number of methoxy groups -OCH3 is 3. The first-order valence-electron chi connectivity index (χ1n) is 15.0. The molecule has 2 aliphatic heterocycles. The van der Waals surface area contributed by atoms with Crippen molar-refractivity contribution < 1.29 is 42.7 Å². The zero-order valence-electron chi connectivity index (χ0n) is 25.7. The molecule has 0 radical (unpaired) electrons. The normalized spacial score (nSPS) is 17.1. The topological polar surface area (TPSA) is 114 Å². The molecule has 3 aliphatic rings. The summed E-state index contributed by atoms with van der Waals surface area (Å²) in [6.45, 7) is 0.679. The molecule has 0 aromatic heterocycles. The molecule has 1 saturated heterocycles. The van der Waals surface area contributed by atoms with Gasteiger partial charge in [-0.2, -0.15) is 0 Å². The second-order valence-corrected chi connectivity index (χ2v) is 11.1. The Labute approximate surface area is 266 Å². The van der Waals surface area contributed by atoms with E-state index in [1.165, 1.54) is 32.5 Å². The second-order valence-electron chi connectivity index (χ2n) is 11.1. The maximum Gasteiger partial charge on any atom is 0.407 e. The van der Waals surface area contributed by atoms with Gasteiger partial charge < -0.3 is 38.5 Å². The van der Waals surface area contributed by atoms with E-state index in [0.717, 1.165) is 22.3 Å². The highest BCUT2D eigenvalue weighted by Gasteiger charge is 2.46. The smallest absolute Gasteiger partial charge is 0.407 e. The summed E-state index contributed by atoms with van der Waals surface area (Å²) >= 11 is 0. The summed E-state index contributed by atoms with van der Waals surface area (Å²) in [4.78, 5) is 25.7. The monoisotopic (exact) mass is 623 g/mol. The Hall–Kier alpha value is -5.22. The largest absolute Gasteiger partial charge is 0.493 e. The Bertz CT molecular complexity index is 1770. The van der Waals surface area contributed by atoms with Crippen LogP contribution in [-0.2, 0) is 20.6 Å². The zero-order valence-corrected chi connectivity index (χ0v) is 25.7. The third-order valence-corrected chi connectivity index (χ3v) is 8.71. The number of benzene rings is 4. The van der Waals surface area contributed by atoms with Crippen molar-refractivity contribution in [2.45, 2.75) is 24.5 Å². The lowest BCUT2D eigenvalue weighted by Gasteiger charge is -2.15. The number of ether oxygens (including phenoxy) is 7. The van der Waals surface area contributed by atoms with Crippen LogP contribution in [-0.4, -0.2) is 53.3 Å². The Balaban J connectivity index is 1.05. The Morgan fingerprint density at radius 3 is 2.15 bits per heavy atom. The average molecular weight is 624 g/mol. The van der Waals surface area contributed by atoms with Crippen molar-refractivity contribution in [3.8, 4) is 34.1 Å². The van der Waals surface area contributed by atoms with Crippen LogP contribution in [0, 0.1) is 0 Å². The van der Waals surface area contributed by atoms with Crippen LogP contribution in [0.3, 0.4) is 0 Å². The molecule has 10 nitrogen and oxygen atoms in total. The van der Waals surface area contributed by atoms with Crippen molar-refractivity contribution in [1.82, 2.24) is 5.32 Å². The van der Waals surface area contributed by atoms with E-state index in [-0.39, 0.29) is 36.7 Å². The Morgan fingerprint density at radius 2 is 1.48 bits per heavy atom. The maximum atomic E-state index is 12.8. The van der Waals surface area contributed by atoms with Crippen molar-refractivity contribution in [3.05, 3.63) is 106 Å². The van der Waals surface area contributed by atoms with Gasteiger partial charge in [-0.3, -0.25) is 0 Å². The van der Waals surface area contributed by atoms with Gasteiger partial charge in [-0.15, -0.1) is 0 Å². The first kappa shape index (κ1) is 29.5. The fraction of sp³-hybridized carbons (Fsp3) is 0.278. The Kier molecular flexibility index (Phi) is 7.88. The van der Waals surface area contributed by atoms with E-state index >= 15 is 0 Å². The molecule has 2 heterocycles. The first-order valence-corrected chi connectivity index (χ1v) is 15.0. The fourth-order valence-electron chi connectivity index (χ4n) is 6.51. The number of epoxide rings is 1. The number of nitrogens with one attached hydrogen (secondary N) is 1. The molecule has 0 unspecified atom stereocenters. The van der Waals surface area contributed by atoms with Gasteiger partial charge in [0, 0.05) is 18.0 Å². The maximum absolute atomic E-state index is 12.8. The van der Waals surface area contributed by atoms with Crippen molar-refractivity contribution >= 4 is 12.1 Å². The standard InChI is InChI=1S/C36H33NO9/c1-40-28-13-12-25(31(34(28)41-2)35(38)42-3)32-33(46-32)26-17-30-29(44-19-45-30)16-20(26)14-15-37-36(39)43-18-27-23-10-6-4-8-21(23)22-9-5-7-11-24(22)27/h4-13,16-17,27,32-33H,14-15,18-19H2,1-3H3,(H,37,39)/t32-,33-/m1/s1. The van der Waals surface area contributed by atoms with Gasteiger partial charge >= 0.3 is 12.1 Å². The molecular formula is C36H33NO9. The van der Waals surface area contributed by atoms with Crippen molar-refractivity contribution in [2.24, 2.45) is 0 Å². The third-order valence-electron chi connectivity index (χ3n) is 8.71. The number of carbonyl (C=O) groups excluding carboxylic acids is 2. The van der Waals surface area contributed by atoms with Crippen LogP contribution in [0.25, 0.3) is 11.1 Å². The molecule has 0 saturated carbocycles. The van der Waals surface area contributed by atoms with Crippen LogP contribution in [0.1, 0.15) is 56.3 Å². The number of hydrogen-bond acceptors (Lipinski definition) is 9. The van der Waals surface area contributed by atoms with Gasteiger partial charge in [0.05, 0.1) is 21.3 Å². The molecule has 0 bridgehead atoms. The molecule has 0 spiro atoms. The minimum absolute atomic E-state index is 0.0194. The summed E-state index contributed by atoms with van der Waals surface area (Å²) in [7, 11) is 4.29. The summed E-state index contributed by atoms with van der Waals surface area (Å²) in [6.07, 6.45) is -0.820. The molecule has 7 rings (SSSR count). The van der Waals surface area contributed by atoms with Gasteiger partial charge in [0.1, 0.15) is 24.4 Å². The van der Waals surface area contributed by atoms with Crippen molar-refractivity contribution in [1.29, 1.82) is 0 Å². The van der Waals surface area contributed by atoms with Crippen LogP contribution in [0.2, 0.25) is 0 Å². The molecule has 1 amide bonds.